The Labute approximate surface area is 173 Å². The second-order valence-electron chi connectivity index (χ2n) is 6.13. The quantitative estimate of drug-likeness (QED) is 0.663. The van der Waals surface area contributed by atoms with Crippen LogP contribution in [0.25, 0.3) is 0 Å². The average molecular weight is 443 g/mol. The molecule has 2 aromatic carbocycles. The Hall–Kier alpha value is -2.65. The lowest BCUT2D eigenvalue weighted by Gasteiger charge is -2.30. The van der Waals surface area contributed by atoms with E-state index in [2.05, 4.69) is 10.1 Å². The maximum Gasteiger partial charge on any atom is 0.337 e. The molecule has 29 heavy (non-hydrogen) atoms. The van der Waals surface area contributed by atoms with Gasteiger partial charge >= 0.3 is 5.97 Å². The van der Waals surface area contributed by atoms with Crippen LogP contribution < -0.4 is 9.62 Å². The smallest absolute Gasteiger partial charge is 0.337 e. The number of carbonyl (C=O) groups excluding carboxylic acids is 2. The van der Waals surface area contributed by atoms with Gasteiger partial charge in [0.25, 0.3) is 0 Å². The Morgan fingerprint density at radius 3 is 2.34 bits per heavy atom. The minimum Gasteiger partial charge on any atom is -0.465 e. The van der Waals surface area contributed by atoms with Crippen LogP contribution >= 0.6 is 11.6 Å². The molecule has 0 aliphatic rings. The standard InChI is InChI=1S/C19H20ClFN2O5S/c1-4-17(23(29(3,26)27)14-8-6-13(21)7-9-14)18(24)22-16-11-12(19(25)28-2)5-10-15(16)20/h5-11,17H,4H2,1-3H3,(H,22,24)/t17-/m0/s1. The lowest BCUT2D eigenvalue weighted by Crippen LogP contribution is -2.47. The Balaban J connectivity index is 2.40. The van der Waals surface area contributed by atoms with E-state index in [-0.39, 0.29) is 28.4 Å². The van der Waals surface area contributed by atoms with Crippen LogP contribution in [0.4, 0.5) is 15.8 Å². The number of ether oxygens (including phenoxy) is 1. The number of esters is 1. The maximum absolute atomic E-state index is 13.3. The molecule has 7 nitrogen and oxygen atoms in total. The molecular weight excluding hydrogens is 423 g/mol. The summed E-state index contributed by atoms with van der Waals surface area (Å²) in [6.45, 7) is 1.64. The molecule has 156 valence electrons. The Morgan fingerprint density at radius 2 is 1.83 bits per heavy atom. The highest BCUT2D eigenvalue weighted by atomic mass is 35.5. The van der Waals surface area contributed by atoms with Crippen LogP contribution in [0.5, 0.6) is 0 Å². The van der Waals surface area contributed by atoms with Gasteiger partial charge in [0.15, 0.2) is 0 Å². The predicted molar refractivity (Wildman–Crippen MR) is 109 cm³/mol. The lowest BCUT2D eigenvalue weighted by atomic mass is 10.1. The van der Waals surface area contributed by atoms with Crippen molar-refractivity contribution >= 4 is 44.9 Å². The third-order valence-corrected chi connectivity index (χ3v) is 5.57. The van der Waals surface area contributed by atoms with Crippen molar-refractivity contribution in [3.63, 3.8) is 0 Å². The number of hydrogen-bond donors (Lipinski definition) is 1. The van der Waals surface area contributed by atoms with Crippen LogP contribution in [-0.4, -0.2) is 39.7 Å². The number of rotatable bonds is 7. The number of methoxy groups -OCH3 is 1. The van der Waals surface area contributed by atoms with Gasteiger partial charge in [0.05, 0.1) is 35.3 Å². The fourth-order valence-electron chi connectivity index (χ4n) is 2.73. The molecule has 0 spiro atoms. The van der Waals surface area contributed by atoms with Crippen molar-refractivity contribution in [2.45, 2.75) is 19.4 Å². The highest BCUT2D eigenvalue weighted by Gasteiger charge is 2.32. The van der Waals surface area contributed by atoms with Crippen molar-refractivity contribution in [3.05, 3.63) is 58.9 Å². The van der Waals surface area contributed by atoms with Gasteiger partial charge in [-0.1, -0.05) is 18.5 Å². The number of carbonyl (C=O) groups is 2. The largest absolute Gasteiger partial charge is 0.465 e. The summed E-state index contributed by atoms with van der Waals surface area (Å²) in [4.78, 5) is 24.6. The Morgan fingerprint density at radius 1 is 1.21 bits per heavy atom. The minimum absolute atomic E-state index is 0.130. The summed E-state index contributed by atoms with van der Waals surface area (Å²) in [6, 6.07) is 7.81. The molecule has 0 aliphatic carbocycles. The fourth-order valence-corrected chi connectivity index (χ4v) is 4.11. The zero-order valence-corrected chi connectivity index (χ0v) is 17.6. The van der Waals surface area contributed by atoms with Crippen LogP contribution in [0.15, 0.2) is 42.5 Å². The second kappa shape index (κ2) is 9.23. The first-order valence-electron chi connectivity index (χ1n) is 8.52. The second-order valence-corrected chi connectivity index (χ2v) is 8.40. The van der Waals surface area contributed by atoms with Crippen molar-refractivity contribution in [1.29, 1.82) is 0 Å². The topological polar surface area (TPSA) is 92.8 Å². The molecule has 0 radical (unpaired) electrons. The van der Waals surface area contributed by atoms with E-state index in [9.17, 15) is 22.4 Å². The van der Waals surface area contributed by atoms with Gasteiger partial charge in [-0.05, 0) is 48.9 Å². The molecule has 10 heteroatoms. The van der Waals surface area contributed by atoms with E-state index in [1.54, 1.807) is 6.92 Å². The number of hydrogen-bond acceptors (Lipinski definition) is 5. The molecule has 0 heterocycles. The minimum atomic E-state index is -3.87. The molecule has 0 aromatic heterocycles. The molecule has 1 amide bonds. The van der Waals surface area contributed by atoms with E-state index in [1.165, 1.54) is 37.4 Å². The zero-order chi connectivity index (χ0) is 21.8. The van der Waals surface area contributed by atoms with Gasteiger partial charge in [0.2, 0.25) is 15.9 Å². The van der Waals surface area contributed by atoms with Crippen LogP contribution in [0.2, 0.25) is 5.02 Å². The number of nitrogens with one attached hydrogen (secondary N) is 1. The maximum atomic E-state index is 13.3. The lowest BCUT2D eigenvalue weighted by molar-refractivity contribution is -0.117. The number of halogens is 2. The highest BCUT2D eigenvalue weighted by Crippen LogP contribution is 2.27. The summed E-state index contributed by atoms with van der Waals surface area (Å²) in [5, 5.41) is 2.72. The summed E-state index contributed by atoms with van der Waals surface area (Å²) in [7, 11) is -2.65. The third kappa shape index (κ3) is 5.45. The normalized spacial score (nSPS) is 12.2. The summed E-state index contributed by atoms with van der Waals surface area (Å²) in [5.41, 5.74) is 0.439. The van der Waals surface area contributed by atoms with Gasteiger partial charge < -0.3 is 10.1 Å². The number of anilines is 2. The molecule has 1 N–H and O–H groups in total. The SMILES string of the molecule is CC[C@@H](C(=O)Nc1cc(C(=O)OC)ccc1Cl)N(c1ccc(F)cc1)S(C)(=O)=O. The molecule has 2 rings (SSSR count). The van der Waals surface area contributed by atoms with Crippen molar-refractivity contribution in [1.82, 2.24) is 0 Å². The van der Waals surface area contributed by atoms with Crippen molar-refractivity contribution in [2.24, 2.45) is 0 Å². The van der Waals surface area contributed by atoms with Crippen LogP contribution in [0, 0.1) is 5.82 Å². The number of amides is 1. The average Bonchev–Trinajstić information content (AvgIpc) is 2.67. The Kier molecular flexibility index (Phi) is 7.21. The third-order valence-electron chi connectivity index (χ3n) is 4.06. The molecule has 0 bridgehead atoms. The van der Waals surface area contributed by atoms with Crippen molar-refractivity contribution < 1.29 is 27.1 Å². The summed E-state index contributed by atoms with van der Waals surface area (Å²) in [5.74, 6) is -1.81. The van der Waals surface area contributed by atoms with Gasteiger partial charge in [-0.3, -0.25) is 9.10 Å². The first-order chi connectivity index (χ1) is 13.6. The van der Waals surface area contributed by atoms with Crippen molar-refractivity contribution in [2.75, 3.05) is 23.0 Å². The summed E-state index contributed by atoms with van der Waals surface area (Å²) in [6.07, 6.45) is 1.09. The number of sulfonamides is 1. The van der Waals surface area contributed by atoms with Gasteiger partial charge in [-0.25, -0.2) is 17.6 Å². The Bertz CT molecular complexity index is 1010. The van der Waals surface area contributed by atoms with E-state index in [0.29, 0.717) is 0 Å². The van der Waals surface area contributed by atoms with Gasteiger partial charge in [-0.2, -0.15) is 0 Å². The van der Waals surface area contributed by atoms with Crippen LogP contribution in [0.3, 0.4) is 0 Å². The molecule has 0 aliphatic heterocycles. The van der Waals surface area contributed by atoms with E-state index >= 15 is 0 Å². The molecule has 0 unspecified atom stereocenters. The number of nitrogens with zero attached hydrogens (tertiary/aromatic N) is 1. The van der Waals surface area contributed by atoms with E-state index in [4.69, 9.17) is 11.6 Å². The summed E-state index contributed by atoms with van der Waals surface area (Å²) < 4.78 is 43.6. The fraction of sp³-hybridized carbons (Fsp3) is 0.263. The van der Waals surface area contributed by atoms with E-state index < -0.39 is 33.8 Å². The van der Waals surface area contributed by atoms with Gasteiger partial charge in [0.1, 0.15) is 11.9 Å². The monoisotopic (exact) mass is 442 g/mol. The molecule has 0 saturated carbocycles. The van der Waals surface area contributed by atoms with Gasteiger partial charge in [-0.15, -0.1) is 0 Å². The highest BCUT2D eigenvalue weighted by molar-refractivity contribution is 7.92. The van der Waals surface area contributed by atoms with E-state index in [0.717, 1.165) is 22.7 Å². The first-order valence-corrected chi connectivity index (χ1v) is 10.7. The molecule has 0 fully saturated rings. The predicted octanol–water partition coefficient (Wildman–Crippen LogP) is 3.45. The number of benzene rings is 2. The van der Waals surface area contributed by atoms with Gasteiger partial charge in [0, 0.05) is 0 Å². The molecular formula is C19H20ClFN2O5S. The molecule has 0 saturated heterocycles. The van der Waals surface area contributed by atoms with Crippen LogP contribution in [0.1, 0.15) is 23.7 Å². The van der Waals surface area contributed by atoms with E-state index in [1.807, 2.05) is 0 Å². The van der Waals surface area contributed by atoms with Crippen molar-refractivity contribution in [3.8, 4) is 0 Å². The summed E-state index contributed by atoms with van der Waals surface area (Å²) >= 11 is 6.10. The molecule has 1 atom stereocenters. The molecule has 2 aromatic rings. The first kappa shape index (κ1) is 22.6. The van der Waals surface area contributed by atoms with Crippen LogP contribution in [-0.2, 0) is 19.6 Å². The zero-order valence-electron chi connectivity index (χ0n) is 16.0.